The standard InChI is InChI=1S/C52H37N/c1-51(2)46-24-12-14-26-48(46)52(49-27-15-13-25-47(49)51)45-23-11-10-22-42(45)43-31-29-36(33-50(43)52)53(34-16-4-3-5-17-34)35-28-30-41-39-20-7-6-18-37(39)38-19-8-9-21-40(38)44(41)32-35/h3-33H,1-2H3. The first-order valence-corrected chi connectivity index (χ1v) is 18.7. The average Bonchev–Trinajstić information content (AvgIpc) is 3.51. The number of hydrogen-bond donors (Lipinski definition) is 0. The summed E-state index contributed by atoms with van der Waals surface area (Å²) in [5.41, 5.74) is 13.7. The molecule has 2 aliphatic rings. The summed E-state index contributed by atoms with van der Waals surface area (Å²) < 4.78 is 0. The van der Waals surface area contributed by atoms with Crippen LogP contribution in [0.25, 0.3) is 43.4 Å². The van der Waals surface area contributed by atoms with Crippen LogP contribution in [-0.2, 0) is 10.8 Å². The van der Waals surface area contributed by atoms with Crippen LogP contribution >= 0.6 is 0 Å². The molecular formula is C52H37N. The molecule has 0 aromatic heterocycles. The predicted molar refractivity (Wildman–Crippen MR) is 223 cm³/mol. The van der Waals surface area contributed by atoms with E-state index in [4.69, 9.17) is 0 Å². The van der Waals surface area contributed by atoms with Gasteiger partial charge in [0.2, 0.25) is 0 Å². The maximum Gasteiger partial charge on any atom is 0.0720 e. The molecule has 250 valence electrons. The van der Waals surface area contributed by atoms with E-state index in [0.717, 1.165) is 17.1 Å². The lowest BCUT2D eigenvalue weighted by atomic mass is 9.55. The molecule has 0 unspecified atom stereocenters. The fourth-order valence-corrected chi connectivity index (χ4v) is 10.0. The highest BCUT2D eigenvalue weighted by Gasteiger charge is 2.53. The number of hydrogen-bond acceptors (Lipinski definition) is 1. The lowest BCUT2D eigenvalue weighted by molar-refractivity contribution is 0.563. The molecule has 1 heteroatoms. The Hall–Kier alpha value is -6.44. The Bertz CT molecular complexity index is 2850. The van der Waals surface area contributed by atoms with Gasteiger partial charge in [0.25, 0.3) is 0 Å². The van der Waals surface area contributed by atoms with Crippen molar-refractivity contribution in [2.75, 3.05) is 4.90 Å². The van der Waals surface area contributed by atoms with Gasteiger partial charge in [0, 0.05) is 22.5 Å². The smallest absolute Gasteiger partial charge is 0.0720 e. The monoisotopic (exact) mass is 675 g/mol. The van der Waals surface area contributed by atoms with Gasteiger partial charge in [-0.2, -0.15) is 0 Å². The van der Waals surface area contributed by atoms with Crippen LogP contribution in [-0.4, -0.2) is 0 Å². The first-order valence-electron chi connectivity index (χ1n) is 18.7. The first kappa shape index (κ1) is 30.2. The molecule has 0 fully saturated rings. The summed E-state index contributed by atoms with van der Waals surface area (Å²) in [6.45, 7) is 4.78. The molecule has 53 heavy (non-hydrogen) atoms. The zero-order chi connectivity index (χ0) is 35.3. The zero-order valence-electron chi connectivity index (χ0n) is 29.8. The molecule has 9 aromatic rings. The Morgan fingerprint density at radius 3 is 1.36 bits per heavy atom. The van der Waals surface area contributed by atoms with Gasteiger partial charge in [-0.1, -0.05) is 166 Å². The summed E-state index contributed by atoms with van der Waals surface area (Å²) in [4.78, 5) is 2.45. The van der Waals surface area contributed by atoms with E-state index >= 15 is 0 Å². The number of anilines is 3. The topological polar surface area (TPSA) is 3.24 Å². The Morgan fingerprint density at radius 1 is 0.302 bits per heavy atom. The molecule has 0 bridgehead atoms. The molecule has 0 saturated carbocycles. The number of para-hydroxylation sites is 1. The van der Waals surface area contributed by atoms with E-state index in [-0.39, 0.29) is 5.41 Å². The molecular weight excluding hydrogens is 639 g/mol. The Morgan fingerprint density at radius 2 is 0.736 bits per heavy atom. The van der Waals surface area contributed by atoms with Gasteiger partial charge in [0.1, 0.15) is 0 Å². The first-order chi connectivity index (χ1) is 26.1. The summed E-state index contributed by atoms with van der Waals surface area (Å²) >= 11 is 0. The maximum atomic E-state index is 2.50. The van der Waals surface area contributed by atoms with Crippen LogP contribution < -0.4 is 4.90 Å². The second-order valence-corrected chi connectivity index (χ2v) is 15.2. The molecule has 0 amide bonds. The van der Waals surface area contributed by atoms with Crippen molar-refractivity contribution in [1.29, 1.82) is 0 Å². The number of nitrogens with zero attached hydrogens (tertiary/aromatic N) is 1. The van der Waals surface area contributed by atoms with Crippen LogP contribution in [0.4, 0.5) is 17.1 Å². The second-order valence-electron chi connectivity index (χ2n) is 15.2. The van der Waals surface area contributed by atoms with E-state index in [2.05, 4.69) is 207 Å². The molecule has 0 radical (unpaired) electrons. The molecule has 0 saturated heterocycles. The van der Waals surface area contributed by atoms with Crippen molar-refractivity contribution in [3.63, 3.8) is 0 Å². The average molecular weight is 676 g/mol. The highest BCUT2D eigenvalue weighted by molar-refractivity contribution is 6.25. The minimum atomic E-state index is -0.453. The third-order valence-electron chi connectivity index (χ3n) is 12.3. The van der Waals surface area contributed by atoms with Crippen molar-refractivity contribution in [1.82, 2.24) is 0 Å². The van der Waals surface area contributed by atoms with Crippen molar-refractivity contribution < 1.29 is 0 Å². The third kappa shape index (κ3) is 4.02. The van der Waals surface area contributed by atoms with Crippen LogP contribution in [0.15, 0.2) is 188 Å². The predicted octanol–water partition coefficient (Wildman–Crippen LogP) is 13.6. The minimum Gasteiger partial charge on any atom is -0.310 e. The van der Waals surface area contributed by atoms with Gasteiger partial charge in [-0.3, -0.25) is 0 Å². The van der Waals surface area contributed by atoms with E-state index in [0.29, 0.717) is 0 Å². The fourth-order valence-electron chi connectivity index (χ4n) is 10.0. The van der Waals surface area contributed by atoms with Crippen LogP contribution in [0, 0.1) is 0 Å². The zero-order valence-corrected chi connectivity index (χ0v) is 29.8. The second kappa shape index (κ2) is 11.0. The lowest BCUT2D eigenvalue weighted by Gasteiger charge is -2.46. The van der Waals surface area contributed by atoms with Crippen LogP contribution in [0.3, 0.4) is 0 Å². The van der Waals surface area contributed by atoms with E-state index in [1.54, 1.807) is 0 Å². The Kier molecular flexibility index (Phi) is 6.29. The number of fused-ring (bicyclic) bond motifs is 15. The van der Waals surface area contributed by atoms with Crippen LogP contribution in [0.2, 0.25) is 0 Å². The van der Waals surface area contributed by atoms with Gasteiger partial charge >= 0.3 is 0 Å². The highest BCUT2D eigenvalue weighted by Crippen LogP contribution is 2.62. The summed E-state index contributed by atoms with van der Waals surface area (Å²) in [5, 5.41) is 7.68. The molecule has 2 aliphatic carbocycles. The van der Waals surface area contributed by atoms with E-state index in [1.807, 2.05) is 0 Å². The molecule has 0 N–H and O–H groups in total. The maximum absolute atomic E-state index is 2.50. The normalized spacial score (nSPS) is 14.5. The lowest BCUT2D eigenvalue weighted by Crippen LogP contribution is -2.40. The van der Waals surface area contributed by atoms with Gasteiger partial charge in [0.05, 0.1) is 5.41 Å². The summed E-state index contributed by atoms with van der Waals surface area (Å²) in [6.07, 6.45) is 0. The molecule has 0 heterocycles. The number of benzene rings is 9. The van der Waals surface area contributed by atoms with Gasteiger partial charge in [0.15, 0.2) is 0 Å². The van der Waals surface area contributed by atoms with E-state index in [1.165, 1.54) is 76.8 Å². The van der Waals surface area contributed by atoms with Crippen molar-refractivity contribution in [2.45, 2.75) is 24.7 Å². The van der Waals surface area contributed by atoms with Gasteiger partial charge in [-0.15, -0.1) is 0 Å². The van der Waals surface area contributed by atoms with Gasteiger partial charge in [-0.25, -0.2) is 0 Å². The highest BCUT2D eigenvalue weighted by atomic mass is 15.1. The van der Waals surface area contributed by atoms with Crippen molar-refractivity contribution in [3.8, 4) is 11.1 Å². The molecule has 0 aliphatic heterocycles. The quantitative estimate of drug-likeness (QED) is 0.169. The molecule has 1 nitrogen and oxygen atoms in total. The SMILES string of the molecule is CC1(C)c2ccccc2C2(c3ccccc3-c3ccc(N(c4ccccc4)c4ccc5c6ccccc6c6ccccc6c5c4)cc32)c2ccccc21. The van der Waals surface area contributed by atoms with Gasteiger partial charge < -0.3 is 4.90 Å². The number of rotatable bonds is 3. The van der Waals surface area contributed by atoms with Crippen molar-refractivity contribution in [3.05, 3.63) is 221 Å². The summed E-state index contributed by atoms with van der Waals surface area (Å²) in [7, 11) is 0. The van der Waals surface area contributed by atoms with Crippen molar-refractivity contribution in [2.24, 2.45) is 0 Å². The van der Waals surface area contributed by atoms with Crippen molar-refractivity contribution >= 4 is 49.4 Å². The van der Waals surface area contributed by atoms with Crippen LogP contribution in [0.1, 0.15) is 47.2 Å². The summed E-state index contributed by atoms with van der Waals surface area (Å²) in [6, 6.07) is 70.3. The molecule has 0 atom stereocenters. The fraction of sp³-hybridized carbons (Fsp3) is 0.0769. The molecule has 11 rings (SSSR count). The molecule has 9 aromatic carbocycles. The van der Waals surface area contributed by atoms with Gasteiger partial charge in [-0.05, 0) is 113 Å². The Balaban J connectivity index is 1.21. The van der Waals surface area contributed by atoms with E-state index in [9.17, 15) is 0 Å². The largest absolute Gasteiger partial charge is 0.310 e. The third-order valence-corrected chi connectivity index (χ3v) is 12.3. The Labute approximate surface area is 310 Å². The minimum absolute atomic E-state index is 0.137. The van der Waals surface area contributed by atoms with Crippen LogP contribution in [0.5, 0.6) is 0 Å². The molecule has 1 spiro atoms. The summed E-state index contributed by atoms with van der Waals surface area (Å²) in [5.74, 6) is 0. The van der Waals surface area contributed by atoms with E-state index < -0.39 is 5.41 Å².